The molecule has 2 saturated heterocycles. The number of nitrogens with zero attached hydrogens (tertiary/aromatic N) is 2. The van der Waals surface area contributed by atoms with E-state index in [2.05, 4.69) is 10.6 Å². The molecule has 3 fully saturated rings. The number of rotatable bonds is 7. The van der Waals surface area contributed by atoms with Crippen LogP contribution in [0.1, 0.15) is 51.4 Å². The van der Waals surface area contributed by atoms with E-state index in [1.165, 1.54) is 12.1 Å². The van der Waals surface area contributed by atoms with Crippen LogP contribution in [0.2, 0.25) is 5.02 Å². The van der Waals surface area contributed by atoms with Gasteiger partial charge in [0.15, 0.2) is 0 Å². The average molecular weight is 565 g/mol. The first-order valence-electron chi connectivity index (χ1n) is 12.9. The first-order valence-corrected chi connectivity index (χ1v) is 13.3. The molecule has 6 rings (SSSR count). The summed E-state index contributed by atoms with van der Waals surface area (Å²) < 4.78 is 48.6. The van der Waals surface area contributed by atoms with Crippen LogP contribution >= 0.6 is 11.6 Å². The number of hydrogen-bond donors (Lipinski definition) is 2. The van der Waals surface area contributed by atoms with Gasteiger partial charge >= 0.3 is 0 Å². The van der Waals surface area contributed by atoms with Crippen LogP contribution in [0.3, 0.4) is 0 Å². The second-order valence-electron chi connectivity index (χ2n) is 11.5. The van der Waals surface area contributed by atoms with Crippen LogP contribution in [0.5, 0.6) is 0 Å². The Hall–Kier alpha value is -2.89. The van der Waals surface area contributed by atoms with Crippen LogP contribution in [-0.2, 0) is 22.5 Å². The van der Waals surface area contributed by atoms with Crippen molar-refractivity contribution in [3.05, 3.63) is 51.6 Å². The Bertz CT molecular complexity index is 1390. The van der Waals surface area contributed by atoms with Gasteiger partial charge in [-0.15, -0.1) is 0 Å². The summed E-state index contributed by atoms with van der Waals surface area (Å²) in [4.78, 5) is 41.9. The van der Waals surface area contributed by atoms with Crippen LogP contribution in [0.4, 0.5) is 18.9 Å². The van der Waals surface area contributed by atoms with Gasteiger partial charge in [-0.1, -0.05) is 11.6 Å². The van der Waals surface area contributed by atoms with Crippen molar-refractivity contribution < 1.29 is 32.3 Å². The molecule has 39 heavy (non-hydrogen) atoms. The number of alkyl halides is 2. The molecule has 0 bridgehead atoms. The lowest BCUT2D eigenvalue weighted by Gasteiger charge is -2.59. The number of nitrogens with one attached hydrogen (secondary N) is 2. The molecule has 1 aromatic carbocycles. The van der Waals surface area contributed by atoms with Gasteiger partial charge in [-0.2, -0.15) is 0 Å². The van der Waals surface area contributed by atoms with Crippen molar-refractivity contribution in [3.8, 4) is 0 Å². The summed E-state index contributed by atoms with van der Waals surface area (Å²) in [6.07, 6.45) is 0.113. The van der Waals surface area contributed by atoms with Gasteiger partial charge < -0.3 is 19.9 Å². The van der Waals surface area contributed by atoms with E-state index < -0.39 is 47.7 Å². The van der Waals surface area contributed by atoms with E-state index >= 15 is 0 Å². The van der Waals surface area contributed by atoms with E-state index in [0.717, 1.165) is 6.07 Å². The topological polar surface area (TPSA) is 92.7 Å². The highest BCUT2D eigenvalue weighted by molar-refractivity contribution is 6.44. The normalized spacial score (nSPS) is 21.9. The van der Waals surface area contributed by atoms with Crippen LogP contribution < -0.4 is 10.6 Å². The third-order valence-corrected chi connectivity index (χ3v) is 8.56. The highest BCUT2D eigenvalue weighted by Crippen LogP contribution is 2.48. The van der Waals surface area contributed by atoms with E-state index in [9.17, 15) is 27.6 Å². The van der Waals surface area contributed by atoms with Gasteiger partial charge in [0, 0.05) is 55.8 Å². The van der Waals surface area contributed by atoms with Crippen LogP contribution in [0.15, 0.2) is 18.2 Å². The van der Waals surface area contributed by atoms with E-state index in [1.807, 2.05) is 4.90 Å². The number of Topliss-reactive ketones (excluding diaryl/α,β-unsaturated/α-hetero) is 1. The minimum Gasteiger partial charge on any atom is -0.380 e. The number of likely N-dealkylation sites (tertiary alicyclic amines) is 1. The Kier molecular flexibility index (Phi) is 6.13. The number of carbonyl (C=O) groups is 3. The number of fused-ring (bicyclic) bond motifs is 1. The first-order chi connectivity index (χ1) is 18.4. The van der Waals surface area contributed by atoms with E-state index in [1.54, 1.807) is 11.5 Å². The predicted octanol–water partition coefficient (Wildman–Crippen LogP) is 3.59. The molecule has 208 valence electrons. The lowest BCUT2D eigenvalue weighted by Crippen LogP contribution is -2.73. The summed E-state index contributed by atoms with van der Waals surface area (Å²) in [6.45, 7) is 5.05. The lowest BCUT2D eigenvalue weighted by atomic mass is 9.70. The third-order valence-electron chi connectivity index (χ3n) is 8.27. The Morgan fingerprint density at radius 1 is 1.15 bits per heavy atom. The van der Waals surface area contributed by atoms with E-state index in [0.29, 0.717) is 56.9 Å². The fourth-order valence-electron chi connectivity index (χ4n) is 6.68. The van der Waals surface area contributed by atoms with E-state index in [4.69, 9.17) is 16.3 Å². The van der Waals surface area contributed by atoms with Crippen LogP contribution in [0, 0.1) is 18.2 Å². The van der Waals surface area contributed by atoms with Crippen LogP contribution in [-0.4, -0.2) is 71.4 Å². The zero-order chi connectivity index (χ0) is 27.7. The summed E-state index contributed by atoms with van der Waals surface area (Å²) in [6, 6.07) is 3.78. The lowest BCUT2D eigenvalue weighted by molar-refractivity contribution is -0.206. The van der Waals surface area contributed by atoms with Crippen molar-refractivity contribution in [2.75, 3.05) is 38.2 Å². The Morgan fingerprint density at radius 3 is 2.49 bits per heavy atom. The molecule has 4 aliphatic rings. The number of carbonyl (C=O) groups excluding carboxylic acids is 3. The van der Waals surface area contributed by atoms with Crippen molar-refractivity contribution >= 4 is 34.9 Å². The molecule has 1 aliphatic carbocycles. The molecule has 0 atom stereocenters. The van der Waals surface area contributed by atoms with Crippen molar-refractivity contribution in [3.63, 3.8) is 0 Å². The fourth-order valence-corrected chi connectivity index (χ4v) is 6.86. The van der Waals surface area contributed by atoms with Crippen molar-refractivity contribution in [1.82, 2.24) is 14.8 Å². The minimum atomic E-state index is -2.90. The molecule has 2 amide bonds. The maximum atomic E-state index is 14.0. The van der Waals surface area contributed by atoms with Crippen molar-refractivity contribution in [2.45, 2.75) is 50.6 Å². The van der Waals surface area contributed by atoms with Crippen molar-refractivity contribution in [2.24, 2.45) is 5.41 Å². The molecule has 1 aromatic heterocycles. The van der Waals surface area contributed by atoms with Gasteiger partial charge in [0.2, 0.25) is 0 Å². The predicted molar refractivity (Wildman–Crippen MR) is 136 cm³/mol. The monoisotopic (exact) mass is 564 g/mol. The molecular weight excluding hydrogens is 537 g/mol. The summed E-state index contributed by atoms with van der Waals surface area (Å²) >= 11 is 5.83. The second kappa shape index (κ2) is 9.07. The summed E-state index contributed by atoms with van der Waals surface area (Å²) in [5.74, 6) is -5.85. The summed E-state index contributed by atoms with van der Waals surface area (Å²) in [5, 5.41) is 5.18. The Balaban J connectivity index is 1.21. The standard InChI is InChI=1S/C27H28ClF3N4O4/c1-15-20(19-3-2-6-35(19)21(15)23(37)32-16-4-5-18(29)17(28)7-16)22(36)24(38)33-26(8-27(30,31)9-26)12-34-10-25(11-34)13-39-14-25/h4-5,7H,2-3,6,8-14H2,1H3,(H,32,37)(H,33,38). The molecule has 12 heteroatoms. The summed E-state index contributed by atoms with van der Waals surface area (Å²) in [5.41, 5.74) is 0.421. The highest BCUT2D eigenvalue weighted by atomic mass is 35.5. The fraction of sp³-hybridized carbons (Fsp3) is 0.519. The van der Waals surface area contributed by atoms with Gasteiger partial charge in [-0.3, -0.25) is 19.3 Å². The van der Waals surface area contributed by atoms with E-state index in [-0.39, 0.29) is 33.9 Å². The zero-order valence-electron chi connectivity index (χ0n) is 21.3. The maximum Gasteiger partial charge on any atom is 0.292 e. The first kappa shape index (κ1) is 26.3. The van der Waals surface area contributed by atoms with Gasteiger partial charge in [-0.05, 0) is 43.5 Å². The molecule has 0 radical (unpaired) electrons. The number of ether oxygens (including phenoxy) is 1. The number of anilines is 1. The number of hydrogen-bond acceptors (Lipinski definition) is 5. The smallest absolute Gasteiger partial charge is 0.292 e. The molecule has 8 nitrogen and oxygen atoms in total. The Morgan fingerprint density at radius 2 is 1.87 bits per heavy atom. The molecular formula is C27H28ClF3N4O4. The average Bonchev–Trinajstić information content (AvgIpc) is 3.34. The van der Waals surface area contributed by atoms with Crippen molar-refractivity contribution in [1.29, 1.82) is 0 Å². The van der Waals surface area contributed by atoms with Gasteiger partial charge in [-0.25, -0.2) is 13.2 Å². The molecule has 2 aromatic rings. The number of benzene rings is 1. The third kappa shape index (κ3) is 4.54. The molecule has 3 aliphatic heterocycles. The molecule has 2 N–H and O–H groups in total. The number of ketones is 1. The number of aromatic nitrogens is 1. The summed E-state index contributed by atoms with van der Waals surface area (Å²) in [7, 11) is 0. The second-order valence-corrected chi connectivity index (χ2v) is 12.0. The Labute approximate surface area is 227 Å². The molecule has 0 unspecified atom stereocenters. The van der Waals surface area contributed by atoms with Gasteiger partial charge in [0.25, 0.3) is 23.5 Å². The minimum absolute atomic E-state index is 0.0910. The molecule has 4 heterocycles. The molecule has 1 saturated carbocycles. The largest absolute Gasteiger partial charge is 0.380 e. The number of amides is 2. The highest BCUT2D eigenvalue weighted by Gasteiger charge is 2.60. The van der Waals surface area contributed by atoms with Gasteiger partial charge in [0.05, 0.1) is 29.3 Å². The zero-order valence-corrected chi connectivity index (χ0v) is 22.1. The SMILES string of the molecule is Cc1c(C(=O)C(=O)NC2(CN3CC4(COC4)C3)CC(F)(F)C2)c2n(c1C(=O)Nc1ccc(F)c(Cl)c1)CCC2. The van der Waals surface area contributed by atoms with Gasteiger partial charge in [0.1, 0.15) is 11.5 Å². The quantitative estimate of drug-likeness (QED) is 0.396. The van der Waals surface area contributed by atoms with Crippen LogP contribution in [0.25, 0.3) is 0 Å². The molecule has 1 spiro atoms. The number of halogens is 4. The maximum absolute atomic E-state index is 14.0.